The van der Waals surface area contributed by atoms with Crippen molar-refractivity contribution in [1.82, 2.24) is 9.97 Å². The summed E-state index contributed by atoms with van der Waals surface area (Å²) in [5.41, 5.74) is 1.13. The molecule has 1 aromatic heterocycles. The summed E-state index contributed by atoms with van der Waals surface area (Å²) >= 11 is 9.58. The van der Waals surface area contributed by atoms with Crippen LogP contribution >= 0.6 is 27.5 Å². The van der Waals surface area contributed by atoms with Crippen molar-refractivity contribution >= 4 is 27.5 Å². The first-order valence-corrected chi connectivity index (χ1v) is 6.77. The van der Waals surface area contributed by atoms with Crippen molar-refractivity contribution in [3.8, 4) is 5.88 Å². The van der Waals surface area contributed by atoms with E-state index in [4.69, 9.17) is 16.3 Å². The lowest BCUT2D eigenvalue weighted by molar-refractivity contribution is 0.396. The van der Waals surface area contributed by atoms with Gasteiger partial charge in [0.1, 0.15) is 12.1 Å². The predicted molar refractivity (Wildman–Crippen MR) is 75.0 cm³/mol. The van der Waals surface area contributed by atoms with Crippen LogP contribution in [0.1, 0.15) is 16.6 Å². The van der Waals surface area contributed by atoms with Crippen LogP contribution in [0.25, 0.3) is 0 Å². The van der Waals surface area contributed by atoms with Gasteiger partial charge in [-0.15, -0.1) is 11.6 Å². The van der Waals surface area contributed by atoms with E-state index in [1.54, 1.807) is 18.2 Å². The van der Waals surface area contributed by atoms with Crippen LogP contribution in [0.4, 0.5) is 4.39 Å². The molecule has 0 aliphatic heterocycles. The first kappa shape index (κ1) is 14.2. The molecule has 2 aromatic rings. The van der Waals surface area contributed by atoms with Gasteiger partial charge in [0.2, 0.25) is 5.88 Å². The Kier molecular flexibility index (Phi) is 4.71. The highest BCUT2D eigenvalue weighted by Gasteiger charge is 2.17. The highest BCUT2D eigenvalue weighted by molar-refractivity contribution is 9.10. The Labute approximate surface area is 123 Å². The lowest BCUT2D eigenvalue weighted by Crippen LogP contribution is -2.03. The van der Waals surface area contributed by atoms with Crippen molar-refractivity contribution in [1.29, 1.82) is 0 Å². The van der Waals surface area contributed by atoms with Crippen LogP contribution in [-0.2, 0) is 6.42 Å². The molecule has 0 saturated heterocycles. The van der Waals surface area contributed by atoms with E-state index >= 15 is 0 Å². The van der Waals surface area contributed by atoms with Gasteiger partial charge in [0, 0.05) is 28.2 Å². The average Bonchev–Trinajstić information content (AvgIpc) is 2.38. The van der Waals surface area contributed by atoms with Gasteiger partial charge < -0.3 is 4.74 Å². The van der Waals surface area contributed by atoms with E-state index in [0.717, 1.165) is 0 Å². The molecule has 0 saturated carbocycles. The summed E-state index contributed by atoms with van der Waals surface area (Å²) in [6.45, 7) is 0. The van der Waals surface area contributed by atoms with E-state index in [1.807, 2.05) is 0 Å². The fraction of sp³-hybridized carbons (Fsp3) is 0.231. The van der Waals surface area contributed by atoms with Crippen molar-refractivity contribution in [3.63, 3.8) is 0 Å². The Hall–Kier alpha value is -1.20. The van der Waals surface area contributed by atoms with Crippen molar-refractivity contribution in [2.45, 2.75) is 11.8 Å². The zero-order chi connectivity index (χ0) is 13.8. The first-order valence-electron chi connectivity index (χ1n) is 5.54. The molecular formula is C13H11BrClFN2O. The zero-order valence-corrected chi connectivity index (χ0v) is 12.4. The average molecular weight is 346 g/mol. The molecule has 0 fully saturated rings. The highest BCUT2D eigenvalue weighted by Crippen LogP contribution is 2.32. The molecule has 0 spiro atoms. The summed E-state index contributed by atoms with van der Waals surface area (Å²) in [5, 5.41) is -0.518. The number of aromatic nitrogens is 2. The number of ether oxygens (including phenoxy) is 1. The monoisotopic (exact) mass is 344 g/mol. The third-order valence-electron chi connectivity index (χ3n) is 2.61. The molecule has 0 aliphatic carbocycles. The second kappa shape index (κ2) is 6.30. The van der Waals surface area contributed by atoms with Gasteiger partial charge in [-0.2, -0.15) is 0 Å². The smallest absolute Gasteiger partial charge is 0.216 e. The Balaban J connectivity index is 2.23. The number of halogens is 3. The molecule has 1 atom stereocenters. The highest BCUT2D eigenvalue weighted by atomic mass is 79.9. The summed E-state index contributed by atoms with van der Waals surface area (Å²) in [5.74, 6) is 0.122. The molecule has 0 radical (unpaired) electrons. The third-order valence-corrected chi connectivity index (χ3v) is 3.67. The fourth-order valence-electron chi connectivity index (χ4n) is 1.70. The summed E-state index contributed by atoms with van der Waals surface area (Å²) in [7, 11) is 1.53. The topological polar surface area (TPSA) is 35.0 Å². The van der Waals surface area contributed by atoms with Gasteiger partial charge in [0.25, 0.3) is 0 Å². The SMILES string of the molecule is COc1cc(CC(Cl)c2c(F)cccc2Br)ncn1. The Morgan fingerprint density at radius 3 is 2.89 bits per heavy atom. The maximum absolute atomic E-state index is 13.8. The molecule has 6 heteroatoms. The summed E-state index contributed by atoms with van der Waals surface area (Å²) in [4.78, 5) is 8.01. The quantitative estimate of drug-likeness (QED) is 0.788. The van der Waals surface area contributed by atoms with E-state index in [-0.39, 0.29) is 5.82 Å². The van der Waals surface area contributed by atoms with Gasteiger partial charge >= 0.3 is 0 Å². The number of benzene rings is 1. The molecule has 1 heterocycles. The number of alkyl halides is 1. The Morgan fingerprint density at radius 1 is 1.42 bits per heavy atom. The fourth-order valence-corrected chi connectivity index (χ4v) is 2.83. The molecule has 19 heavy (non-hydrogen) atoms. The standard InChI is InChI=1S/C13H11BrClFN2O/c1-19-12-6-8(17-7-18-12)5-10(15)13-9(14)3-2-4-11(13)16/h2-4,6-7,10H,5H2,1H3. The Bertz CT molecular complexity index is 562. The van der Waals surface area contributed by atoms with Crippen LogP contribution in [-0.4, -0.2) is 17.1 Å². The molecule has 0 N–H and O–H groups in total. The van der Waals surface area contributed by atoms with Crippen LogP contribution in [0.2, 0.25) is 0 Å². The summed E-state index contributed by atoms with van der Waals surface area (Å²) < 4.78 is 19.4. The number of rotatable bonds is 4. The lowest BCUT2D eigenvalue weighted by atomic mass is 10.1. The van der Waals surface area contributed by atoms with Crippen LogP contribution in [0.3, 0.4) is 0 Å². The van der Waals surface area contributed by atoms with Gasteiger partial charge in [0.15, 0.2) is 0 Å². The van der Waals surface area contributed by atoms with E-state index in [2.05, 4.69) is 25.9 Å². The predicted octanol–water partition coefficient (Wildman–Crippen LogP) is 3.91. The molecule has 1 unspecified atom stereocenters. The minimum absolute atomic E-state index is 0.338. The van der Waals surface area contributed by atoms with E-state index < -0.39 is 5.38 Å². The largest absolute Gasteiger partial charge is 0.481 e. The maximum Gasteiger partial charge on any atom is 0.216 e. The minimum Gasteiger partial charge on any atom is -0.481 e. The number of nitrogens with zero attached hydrogens (tertiary/aromatic N) is 2. The molecule has 3 nitrogen and oxygen atoms in total. The van der Waals surface area contributed by atoms with Gasteiger partial charge in [-0.05, 0) is 12.1 Å². The van der Waals surface area contributed by atoms with E-state index in [0.29, 0.717) is 28.0 Å². The number of methoxy groups -OCH3 is 1. The molecule has 100 valence electrons. The van der Waals surface area contributed by atoms with Crippen LogP contribution < -0.4 is 4.74 Å². The molecule has 2 rings (SSSR count). The molecule has 0 amide bonds. The molecular weight excluding hydrogens is 335 g/mol. The lowest BCUT2D eigenvalue weighted by Gasteiger charge is -2.12. The van der Waals surface area contributed by atoms with Crippen molar-refractivity contribution in [3.05, 3.63) is 52.1 Å². The van der Waals surface area contributed by atoms with Gasteiger partial charge in [-0.25, -0.2) is 14.4 Å². The summed E-state index contributed by atoms with van der Waals surface area (Å²) in [6.07, 6.45) is 1.79. The first-order chi connectivity index (χ1) is 9.11. The number of hydrogen-bond acceptors (Lipinski definition) is 3. The minimum atomic E-state index is -0.518. The van der Waals surface area contributed by atoms with E-state index in [9.17, 15) is 4.39 Å². The molecule has 1 aromatic carbocycles. The van der Waals surface area contributed by atoms with Gasteiger partial charge in [-0.1, -0.05) is 22.0 Å². The van der Waals surface area contributed by atoms with Crippen LogP contribution in [0.5, 0.6) is 5.88 Å². The van der Waals surface area contributed by atoms with Crippen LogP contribution in [0, 0.1) is 5.82 Å². The second-order valence-corrected chi connectivity index (χ2v) is 5.24. The molecule has 0 bridgehead atoms. The van der Waals surface area contributed by atoms with E-state index in [1.165, 1.54) is 19.5 Å². The third kappa shape index (κ3) is 3.42. The number of hydrogen-bond donors (Lipinski definition) is 0. The maximum atomic E-state index is 13.8. The normalized spacial score (nSPS) is 12.2. The van der Waals surface area contributed by atoms with Crippen LogP contribution in [0.15, 0.2) is 35.1 Å². The second-order valence-electron chi connectivity index (χ2n) is 3.86. The zero-order valence-electron chi connectivity index (χ0n) is 10.1. The summed E-state index contributed by atoms with van der Waals surface area (Å²) in [6, 6.07) is 6.45. The molecule has 0 aliphatic rings. The van der Waals surface area contributed by atoms with Crippen molar-refractivity contribution < 1.29 is 9.13 Å². The van der Waals surface area contributed by atoms with Gasteiger partial charge in [-0.3, -0.25) is 0 Å². The van der Waals surface area contributed by atoms with Gasteiger partial charge in [0.05, 0.1) is 12.5 Å². The Morgan fingerprint density at radius 2 is 2.21 bits per heavy atom. The van der Waals surface area contributed by atoms with Crippen molar-refractivity contribution in [2.24, 2.45) is 0 Å². The van der Waals surface area contributed by atoms with Crippen molar-refractivity contribution in [2.75, 3.05) is 7.11 Å².